The first-order valence-corrected chi connectivity index (χ1v) is 11.8. The Morgan fingerprint density at radius 2 is 1.61 bits per heavy atom. The van der Waals surface area contributed by atoms with Gasteiger partial charge in [-0.2, -0.15) is 0 Å². The van der Waals surface area contributed by atoms with Crippen LogP contribution in [0.3, 0.4) is 0 Å². The lowest BCUT2D eigenvalue weighted by molar-refractivity contribution is 1.04. The Morgan fingerprint density at radius 3 is 2.35 bits per heavy atom. The van der Waals surface area contributed by atoms with E-state index in [0.29, 0.717) is 0 Å². The third kappa shape index (κ3) is 4.16. The molecule has 0 aliphatic rings. The molecule has 2 heterocycles. The molecule has 0 radical (unpaired) electrons. The van der Waals surface area contributed by atoms with Crippen LogP contribution in [0.25, 0.3) is 27.8 Å². The highest BCUT2D eigenvalue weighted by atomic mass is 79.9. The van der Waals surface area contributed by atoms with E-state index in [1.165, 1.54) is 11.1 Å². The zero-order chi connectivity index (χ0) is 21.2. The molecule has 3 nitrogen and oxygen atoms in total. The average molecular weight is 486 g/mol. The van der Waals surface area contributed by atoms with Crippen molar-refractivity contribution in [1.29, 1.82) is 0 Å². The number of aromatic nitrogens is 3. The first kappa shape index (κ1) is 20.0. The Labute approximate surface area is 194 Å². The maximum absolute atomic E-state index is 4.68. The molecule has 3 aromatic carbocycles. The average Bonchev–Trinajstić information content (AvgIpc) is 3.20. The molecule has 0 aliphatic carbocycles. The van der Waals surface area contributed by atoms with Crippen molar-refractivity contribution in [2.75, 3.05) is 0 Å². The molecule has 31 heavy (non-hydrogen) atoms. The van der Waals surface area contributed by atoms with Crippen LogP contribution in [0, 0.1) is 6.92 Å². The number of hydrogen-bond donors (Lipinski definition) is 0. The highest BCUT2D eigenvalue weighted by Crippen LogP contribution is 2.37. The molecule has 5 rings (SSSR count). The lowest BCUT2D eigenvalue weighted by Crippen LogP contribution is -1.95. The van der Waals surface area contributed by atoms with Crippen LogP contribution in [0.5, 0.6) is 0 Å². The zero-order valence-corrected chi connectivity index (χ0v) is 19.4. The Balaban J connectivity index is 1.64. The van der Waals surface area contributed by atoms with Crippen LogP contribution < -0.4 is 0 Å². The van der Waals surface area contributed by atoms with E-state index in [1.54, 1.807) is 18.1 Å². The standard InChI is InChI=1S/C26H20BrN3S/c1-18-7-9-19(10-8-18)16-31-26-24-23(20-5-3-2-4-6-20)15-30(25(24)28-17-29-26)22-13-11-21(27)12-14-22/h2-15,17H,16H2,1H3. The van der Waals surface area contributed by atoms with Crippen LogP contribution >= 0.6 is 27.7 Å². The molecule has 0 fully saturated rings. The minimum Gasteiger partial charge on any atom is -0.301 e. The highest BCUT2D eigenvalue weighted by Gasteiger charge is 2.17. The fourth-order valence-corrected chi connectivity index (χ4v) is 4.84. The van der Waals surface area contributed by atoms with Gasteiger partial charge in [0.2, 0.25) is 0 Å². The van der Waals surface area contributed by atoms with Crippen molar-refractivity contribution in [2.45, 2.75) is 17.7 Å². The van der Waals surface area contributed by atoms with Gasteiger partial charge >= 0.3 is 0 Å². The second-order valence-electron chi connectivity index (χ2n) is 7.41. The van der Waals surface area contributed by atoms with Crippen molar-refractivity contribution in [3.63, 3.8) is 0 Å². The Kier molecular flexibility index (Phi) is 5.62. The van der Waals surface area contributed by atoms with E-state index in [0.717, 1.165) is 43.1 Å². The van der Waals surface area contributed by atoms with Gasteiger partial charge in [0.1, 0.15) is 17.0 Å². The minimum absolute atomic E-state index is 0.865. The molecule has 0 atom stereocenters. The topological polar surface area (TPSA) is 30.7 Å². The van der Waals surface area contributed by atoms with Crippen LogP contribution in [0.4, 0.5) is 0 Å². The van der Waals surface area contributed by atoms with Gasteiger partial charge in [0.05, 0.1) is 5.39 Å². The molecule has 5 aromatic rings. The van der Waals surface area contributed by atoms with E-state index in [4.69, 9.17) is 0 Å². The van der Waals surface area contributed by atoms with Crippen molar-refractivity contribution in [3.8, 4) is 16.8 Å². The third-order valence-electron chi connectivity index (χ3n) is 5.23. The molecule has 0 saturated carbocycles. The Hall–Kier alpha value is -2.89. The van der Waals surface area contributed by atoms with Crippen LogP contribution in [-0.4, -0.2) is 14.5 Å². The van der Waals surface area contributed by atoms with Crippen LogP contribution in [0.1, 0.15) is 11.1 Å². The minimum atomic E-state index is 0.865. The number of halogens is 1. The second-order valence-corrected chi connectivity index (χ2v) is 9.29. The number of thioether (sulfide) groups is 1. The third-order valence-corrected chi connectivity index (χ3v) is 6.82. The number of benzene rings is 3. The summed E-state index contributed by atoms with van der Waals surface area (Å²) in [5, 5.41) is 2.09. The van der Waals surface area contributed by atoms with Crippen molar-refractivity contribution < 1.29 is 0 Å². The summed E-state index contributed by atoms with van der Waals surface area (Å²) in [5.41, 5.74) is 6.86. The lowest BCUT2D eigenvalue weighted by Gasteiger charge is -2.07. The molecule has 2 aromatic heterocycles. The zero-order valence-electron chi connectivity index (χ0n) is 17.0. The van der Waals surface area contributed by atoms with Crippen molar-refractivity contribution >= 4 is 38.7 Å². The quantitative estimate of drug-likeness (QED) is 0.191. The molecule has 0 aliphatic heterocycles. The van der Waals surface area contributed by atoms with E-state index in [2.05, 4.69) is 116 Å². The summed E-state index contributed by atoms with van der Waals surface area (Å²) >= 11 is 5.29. The fourth-order valence-electron chi connectivity index (χ4n) is 3.61. The lowest BCUT2D eigenvalue weighted by atomic mass is 10.1. The van der Waals surface area contributed by atoms with Gasteiger partial charge < -0.3 is 4.57 Å². The Morgan fingerprint density at radius 1 is 0.871 bits per heavy atom. The van der Waals surface area contributed by atoms with E-state index >= 15 is 0 Å². The summed E-state index contributed by atoms with van der Waals surface area (Å²) in [6.45, 7) is 2.11. The van der Waals surface area contributed by atoms with Gasteiger partial charge in [-0.25, -0.2) is 9.97 Å². The first-order chi connectivity index (χ1) is 15.2. The molecule has 0 amide bonds. The predicted molar refractivity (Wildman–Crippen MR) is 133 cm³/mol. The molecule has 0 spiro atoms. The summed E-state index contributed by atoms with van der Waals surface area (Å²) in [5.74, 6) is 0.865. The van der Waals surface area contributed by atoms with Gasteiger partial charge in [-0.3, -0.25) is 0 Å². The summed E-state index contributed by atoms with van der Waals surface area (Å²) < 4.78 is 3.21. The molecule has 0 unspecified atom stereocenters. The number of aryl methyl sites for hydroxylation is 1. The van der Waals surface area contributed by atoms with Gasteiger partial charge in [-0.1, -0.05) is 76.1 Å². The van der Waals surface area contributed by atoms with E-state index in [-0.39, 0.29) is 0 Å². The number of fused-ring (bicyclic) bond motifs is 1. The van der Waals surface area contributed by atoms with Crippen molar-refractivity contribution in [1.82, 2.24) is 14.5 Å². The molecular weight excluding hydrogens is 466 g/mol. The van der Waals surface area contributed by atoms with Gasteiger partial charge in [-0.05, 0) is 42.3 Å². The van der Waals surface area contributed by atoms with E-state index in [9.17, 15) is 0 Å². The van der Waals surface area contributed by atoms with Crippen LogP contribution in [-0.2, 0) is 5.75 Å². The maximum Gasteiger partial charge on any atom is 0.149 e. The highest BCUT2D eigenvalue weighted by molar-refractivity contribution is 9.10. The normalized spacial score (nSPS) is 11.2. The monoisotopic (exact) mass is 485 g/mol. The molecule has 0 saturated heterocycles. The van der Waals surface area contributed by atoms with Crippen molar-refractivity contribution in [2.24, 2.45) is 0 Å². The number of hydrogen-bond acceptors (Lipinski definition) is 3. The van der Waals surface area contributed by atoms with Gasteiger partial charge in [0.25, 0.3) is 0 Å². The molecule has 0 N–H and O–H groups in total. The smallest absolute Gasteiger partial charge is 0.149 e. The Bertz CT molecular complexity index is 1330. The van der Waals surface area contributed by atoms with Gasteiger partial charge in [-0.15, -0.1) is 11.8 Å². The predicted octanol–water partition coefficient (Wildman–Crippen LogP) is 7.45. The van der Waals surface area contributed by atoms with Gasteiger partial charge in [0.15, 0.2) is 0 Å². The molecule has 0 bridgehead atoms. The summed E-state index contributed by atoms with van der Waals surface area (Å²) in [6.07, 6.45) is 3.85. The molecular formula is C26H20BrN3S. The molecule has 5 heteroatoms. The summed E-state index contributed by atoms with van der Waals surface area (Å²) in [7, 11) is 0. The first-order valence-electron chi connectivity index (χ1n) is 10.0. The largest absolute Gasteiger partial charge is 0.301 e. The van der Waals surface area contributed by atoms with Gasteiger partial charge in [0, 0.05) is 27.7 Å². The summed E-state index contributed by atoms with van der Waals surface area (Å²) in [4.78, 5) is 9.36. The van der Waals surface area contributed by atoms with Crippen LogP contribution in [0.2, 0.25) is 0 Å². The molecule has 152 valence electrons. The number of nitrogens with zero attached hydrogens (tertiary/aromatic N) is 3. The SMILES string of the molecule is Cc1ccc(CSc2ncnc3c2c(-c2ccccc2)cn3-c2ccc(Br)cc2)cc1. The van der Waals surface area contributed by atoms with Crippen molar-refractivity contribution in [3.05, 3.63) is 107 Å². The van der Waals surface area contributed by atoms with E-state index < -0.39 is 0 Å². The maximum atomic E-state index is 4.68. The second kappa shape index (κ2) is 8.69. The number of rotatable bonds is 5. The van der Waals surface area contributed by atoms with Crippen LogP contribution in [0.15, 0.2) is 101 Å². The fraction of sp³-hybridized carbons (Fsp3) is 0.0769. The van der Waals surface area contributed by atoms with E-state index in [1.807, 2.05) is 6.07 Å². The summed E-state index contributed by atoms with van der Waals surface area (Å²) in [6, 6.07) is 27.5.